The summed E-state index contributed by atoms with van der Waals surface area (Å²) in [6.45, 7) is 3.10. The Balaban J connectivity index is 2.74. The summed E-state index contributed by atoms with van der Waals surface area (Å²) in [4.78, 5) is 25.8. The molecule has 0 amide bonds. The fourth-order valence-electron chi connectivity index (χ4n) is 1.75. The zero-order chi connectivity index (χ0) is 11.0. The summed E-state index contributed by atoms with van der Waals surface area (Å²) < 4.78 is 0. The maximum Gasteiger partial charge on any atom is 0.230 e. The van der Waals surface area contributed by atoms with Crippen molar-refractivity contribution in [3.05, 3.63) is 35.5 Å². The van der Waals surface area contributed by atoms with Crippen LogP contribution in [0.4, 0.5) is 0 Å². The second kappa shape index (κ2) is 3.35. The molecule has 0 aliphatic rings. The third-order valence-electron chi connectivity index (χ3n) is 2.44. The lowest BCUT2D eigenvalue weighted by Gasteiger charge is -1.95. The Kier molecular flexibility index (Phi) is 2.15. The summed E-state index contributed by atoms with van der Waals surface area (Å²) >= 11 is 0. The summed E-state index contributed by atoms with van der Waals surface area (Å²) in [5.74, 6) is -0.854. The molecule has 2 rings (SSSR count). The van der Waals surface area contributed by atoms with Gasteiger partial charge in [-0.3, -0.25) is 9.59 Å². The van der Waals surface area contributed by atoms with E-state index in [2.05, 4.69) is 4.98 Å². The number of benzene rings is 1. The Morgan fingerprint density at radius 1 is 1.20 bits per heavy atom. The molecule has 0 radical (unpaired) electrons. The molecule has 0 unspecified atom stereocenters. The first-order valence-electron chi connectivity index (χ1n) is 4.74. The number of hydrogen-bond donors (Lipinski definition) is 1. The van der Waals surface area contributed by atoms with E-state index in [1.54, 1.807) is 6.92 Å². The number of aromatic nitrogens is 1. The van der Waals surface area contributed by atoms with E-state index < -0.39 is 11.6 Å². The highest BCUT2D eigenvalue weighted by molar-refractivity contribution is 6.45. The molecule has 0 bridgehead atoms. The lowest BCUT2D eigenvalue weighted by molar-refractivity contribution is -0.113. The first-order valence-corrected chi connectivity index (χ1v) is 4.74. The van der Waals surface area contributed by atoms with Gasteiger partial charge in [-0.05, 0) is 13.0 Å². The Hall–Kier alpha value is -1.90. The van der Waals surface area contributed by atoms with E-state index in [1.807, 2.05) is 24.3 Å². The van der Waals surface area contributed by atoms with E-state index in [1.165, 1.54) is 6.92 Å². The first-order chi connectivity index (χ1) is 7.11. The van der Waals surface area contributed by atoms with E-state index in [0.717, 1.165) is 16.6 Å². The number of aryl methyl sites for hydroxylation is 1. The lowest BCUT2D eigenvalue weighted by Crippen LogP contribution is -2.10. The SMILES string of the molecule is CC(=O)C(=O)c1c(C)[nH]c2ccccc12. The van der Waals surface area contributed by atoms with Crippen LogP contribution in [0.5, 0.6) is 0 Å². The van der Waals surface area contributed by atoms with Crippen LogP contribution >= 0.6 is 0 Å². The van der Waals surface area contributed by atoms with Gasteiger partial charge in [0.2, 0.25) is 5.78 Å². The molecule has 76 valence electrons. The van der Waals surface area contributed by atoms with E-state index in [0.29, 0.717) is 5.56 Å². The van der Waals surface area contributed by atoms with Gasteiger partial charge in [0, 0.05) is 23.5 Å². The molecule has 15 heavy (non-hydrogen) atoms. The van der Waals surface area contributed by atoms with Crippen LogP contribution in [0, 0.1) is 6.92 Å². The highest BCUT2D eigenvalue weighted by atomic mass is 16.2. The average Bonchev–Trinajstić information content (AvgIpc) is 2.52. The van der Waals surface area contributed by atoms with Gasteiger partial charge in [0.25, 0.3) is 0 Å². The van der Waals surface area contributed by atoms with Gasteiger partial charge in [0.05, 0.1) is 5.56 Å². The minimum Gasteiger partial charge on any atom is -0.358 e. The molecular formula is C12H11NO2. The molecule has 0 aliphatic carbocycles. The van der Waals surface area contributed by atoms with Crippen LogP contribution in [0.1, 0.15) is 23.0 Å². The van der Waals surface area contributed by atoms with Crippen LogP contribution in [-0.4, -0.2) is 16.6 Å². The quantitative estimate of drug-likeness (QED) is 0.598. The van der Waals surface area contributed by atoms with Gasteiger partial charge in [-0.15, -0.1) is 0 Å². The number of carbonyl (C=O) groups excluding carboxylic acids is 2. The van der Waals surface area contributed by atoms with Crippen LogP contribution in [0.3, 0.4) is 0 Å². The molecule has 1 aromatic heterocycles. The molecular weight excluding hydrogens is 190 g/mol. The Morgan fingerprint density at radius 2 is 1.87 bits per heavy atom. The topological polar surface area (TPSA) is 49.9 Å². The summed E-state index contributed by atoms with van der Waals surface area (Å²) in [7, 11) is 0. The lowest BCUT2D eigenvalue weighted by atomic mass is 10.0. The van der Waals surface area contributed by atoms with Crippen molar-refractivity contribution in [1.82, 2.24) is 4.98 Å². The van der Waals surface area contributed by atoms with Crippen LogP contribution in [0.2, 0.25) is 0 Å². The smallest absolute Gasteiger partial charge is 0.230 e. The first kappa shape index (κ1) is 9.65. The summed E-state index contributed by atoms with van der Waals surface area (Å²) in [5.41, 5.74) is 2.13. The fourth-order valence-corrected chi connectivity index (χ4v) is 1.75. The number of Topliss-reactive ketones (excluding diaryl/α,β-unsaturated/α-hetero) is 2. The molecule has 0 saturated carbocycles. The molecule has 3 heteroatoms. The zero-order valence-electron chi connectivity index (χ0n) is 8.63. The van der Waals surface area contributed by atoms with Crippen LogP contribution in [0.15, 0.2) is 24.3 Å². The van der Waals surface area contributed by atoms with Crippen molar-refractivity contribution in [1.29, 1.82) is 0 Å². The summed E-state index contributed by atoms with van der Waals surface area (Å²) in [6.07, 6.45) is 0. The maximum atomic E-state index is 11.7. The Bertz CT molecular complexity index is 552. The third kappa shape index (κ3) is 1.46. The van der Waals surface area contributed by atoms with Gasteiger partial charge in [-0.25, -0.2) is 0 Å². The molecule has 3 nitrogen and oxygen atoms in total. The molecule has 1 N–H and O–H groups in total. The minimum atomic E-state index is -0.428. The second-order valence-electron chi connectivity index (χ2n) is 3.56. The van der Waals surface area contributed by atoms with Crippen LogP contribution in [-0.2, 0) is 4.79 Å². The molecule has 2 aromatic rings. The van der Waals surface area contributed by atoms with Gasteiger partial charge in [0.15, 0.2) is 5.78 Å². The largest absolute Gasteiger partial charge is 0.358 e. The van der Waals surface area contributed by atoms with Crippen molar-refractivity contribution in [2.45, 2.75) is 13.8 Å². The van der Waals surface area contributed by atoms with Crippen molar-refractivity contribution in [3.63, 3.8) is 0 Å². The van der Waals surface area contributed by atoms with Crippen molar-refractivity contribution in [2.24, 2.45) is 0 Å². The van der Waals surface area contributed by atoms with Gasteiger partial charge in [-0.1, -0.05) is 18.2 Å². The van der Waals surface area contributed by atoms with Gasteiger partial charge < -0.3 is 4.98 Å². The number of carbonyl (C=O) groups is 2. The molecule has 0 atom stereocenters. The van der Waals surface area contributed by atoms with E-state index in [9.17, 15) is 9.59 Å². The molecule has 0 fully saturated rings. The number of nitrogens with one attached hydrogen (secondary N) is 1. The van der Waals surface area contributed by atoms with E-state index >= 15 is 0 Å². The number of para-hydroxylation sites is 1. The number of fused-ring (bicyclic) bond motifs is 1. The summed E-state index contributed by atoms with van der Waals surface area (Å²) in [5, 5.41) is 0.815. The van der Waals surface area contributed by atoms with E-state index in [-0.39, 0.29) is 0 Å². The highest BCUT2D eigenvalue weighted by Gasteiger charge is 2.18. The van der Waals surface area contributed by atoms with Crippen LogP contribution in [0.25, 0.3) is 10.9 Å². The highest BCUT2D eigenvalue weighted by Crippen LogP contribution is 2.22. The van der Waals surface area contributed by atoms with Crippen molar-refractivity contribution in [3.8, 4) is 0 Å². The molecule has 0 aliphatic heterocycles. The van der Waals surface area contributed by atoms with Gasteiger partial charge in [-0.2, -0.15) is 0 Å². The molecule has 0 spiro atoms. The predicted octanol–water partition coefficient (Wildman–Crippen LogP) is 2.25. The number of aromatic amines is 1. The molecule has 1 heterocycles. The molecule has 0 saturated heterocycles. The van der Waals surface area contributed by atoms with Crippen molar-refractivity contribution in [2.75, 3.05) is 0 Å². The average molecular weight is 201 g/mol. The normalized spacial score (nSPS) is 10.5. The summed E-state index contributed by atoms with van der Waals surface area (Å²) in [6, 6.07) is 7.47. The number of ketones is 2. The zero-order valence-corrected chi connectivity index (χ0v) is 8.63. The Labute approximate surface area is 87.1 Å². The standard InChI is InChI=1S/C12H11NO2/c1-7-11(12(15)8(2)14)9-5-3-4-6-10(9)13-7/h3-6,13H,1-2H3. The van der Waals surface area contributed by atoms with Crippen molar-refractivity contribution < 1.29 is 9.59 Å². The fraction of sp³-hybridized carbons (Fsp3) is 0.167. The van der Waals surface area contributed by atoms with Gasteiger partial charge >= 0.3 is 0 Å². The van der Waals surface area contributed by atoms with E-state index in [4.69, 9.17) is 0 Å². The van der Waals surface area contributed by atoms with Gasteiger partial charge in [0.1, 0.15) is 0 Å². The second-order valence-corrected chi connectivity index (χ2v) is 3.56. The van der Waals surface area contributed by atoms with Crippen LogP contribution < -0.4 is 0 Å². The van der Waals surface area contributed by atoms with Crippen molar-refractivity contribution >= 4 is 22.5 Å². The minimum absolute atomic E-state index is 0.426. The monoisotopic (exact) mass is 201 g/mol. The maximum absolute atomic E-state index is 11.7. The number of H-pyrrole nitrogens is 1. The Morgan fingerprint density at radius 3 is 2.53 bits per heavy atom. The third-order valence-corrected chi connectivity index (χ3v) is 2.44. The number of rotatable bonds is 2. The predicted molar refractivity (Wildman–Crippen MR) is 58.0 cm³/mol. The molecule has 1 aromatic carbocycles. The number of hydrogen-bond acceptors (Lipinski definition) is 2.